The minimum absolute atomic E-state index is 0.0861. The molecular weight excluding hydrogens is 416 g/mol. The monoisotopic (exact) mass is 438 g/mol. The molecule has 156 valence electrons. The smallest absolute Gasteiger partial charge is 0.307 e. The Bertz CT molecular complexity index is 900. The average Bonchev–Trinajstić information content (AvgIpc) is 3.11. The number of ether oxygens (including phenoxy) is 1. The molecule has 10 heteroatoms. The SMILES string of the molecule is Cc1ccc(Cl)cc1NC(=O)[C@@H](C)OC(=O)CCC(=O)Nc1nnc(C(C)C)s1. The minimum Gasteiger partial charge on any atom is -0.453 e. The molecule has 2 amide bonds. The highest BCUT2D eigenvalue weighted by atomic mass is 35.5. The van der Waals surface area contributed by atoms with E-state index in [-0.39, 0.29) is 24.7 Å². The van der Waals surface area contributed by atoms with Gasteiger partial charge in [0.1, 0.15) is 5.01 Å². The molecule has 0 radical (unpaired) electrons. The quantitative estimate of drug-likeness (QED) is 0.604. The predicted molar refractivity (Wildman–Crippen MR) is 112 cm³/mol. The molecule has 0 fully saturated rings. The molecule has 1 aromatic carbocycles. The van der Waals surface area contributed by atoms with Gasteiger partial charge >= 0.3 is 5.97 Å². The predicted octanol–water partition coefficient (Wildman–Crippen LogP) is 3.91. The lowest BCUT2D eigenvalue weighted by Crippen LogP contribution is -2.30. The molecule has 0 unspecified atom stereocenters. The van der Waals surface area contributed by atoms with Gasteiger partial charge in [0.15, 0.2) is 6.10 Å². The zero-order chi connectivity index (χ0) is 21.6. The highest BCUT2D eigenvalue weighted by Gasteiger charge is 2.19. The highest BCUT2D eigenvalue weighted by molar-refractivity contribution is 7.15. The van der Waals surface area contributed by atoms with Gasteiger partial charge in [-0.15, -0.1) is 10.2 Å². The summed E-state index contributed by atoms with van der Waals surface area (Å²) in [6.07, 6.45) is -1.26. The fourth-order valence-corrected chi connectivity index (χ4v) is 3.12. The van der Waals surface area contributed by atoms with Crippen molar-refractivity contribution < 1.29 is 19.1 Å². The van der Waals surface area contributed by atoms with Crippen molar-refractivity contribution in [3.05, 3.63) is 33.8 Å². The summed E-state index contributed by atoms with van der Waals surface area (Å²) in [5.74, 6) is -1.29. The molecule has 0 saturated carbocycles. The summed E-state index contributed by atoms with van der Waals surface area (Å²) >= 11 is 7.22. The lowest BCUT2D eigenvalue weighted by Gasteiger charge is -2.15. The number of aromatic nitrogens is 2. The van der Waals surface area contributed by atoms with Crippen molar-refractivity contribution >= 4 is 51.5 Å². The average molecular weight is 439 g/mol. The number of hydrogen-bond donors (Lipinski definition) is 2. The Morgan fingerprint density at radius 3 is 2.52 bits per heavy atom. The van der Waals surface area contributed by atoms with E-state index >= 15 is 0 Å². The molecule has 2 N–H and O–H groups in total. The normalized spacial score (nSPS) is 11.8. The van der Waals surface area contributed by atoms with Crippen LogP contribution >= 0.6 is 22.9 Å². The number of halogens is 1. The second-order valence-corrected chi connectivity index (χ2v) is 8.17. The molecule has 0 aliphatic heterocycles. The summed E-state index contributed by atoms with van der Waals surface area (Å²) in [4.78, 5) is 36.1. The van der Waals surface area contributed by atoms with E-state index in [4.69, 9.17) is 16.3 Å². The lowest BCUT2D eigenvalue weighted by atomic mass is 10.2. The fraction of sp³-hybridized carbons (Fsp3) is 0.421. The molecular formula is C19H23ClN4O4S. The van der Waals surface area contributed by atoms with E-state index in [1.165, 1.54) is 18.3 Å². The van der Waals surface area contributed by atoms with E-state index in [1.54, 1.807) is 18.2 Å². The number of esters is 1. The van der Waals surface area contributed by atoms with Crippen LogP contribution in [0.3, 0.4) is 0 Å². The highest BCUT2D eigenvalue weighted by Crippen LogP contribution is 2.23. The maximum Gasteiger partial charge on any atom is 0.307 e. The van der Waals surface area contributed by atoms with Gasteiger partial charge in [0.05, 0.1) is 6.42 Å². The third-order valence-electron chi connectivity index (χ3n) is 3.87. The number of rotatable bonds is 8. The fourth-order valence-electron chi connectivity index (χ4n) is 2.19. The van der Waals surface area contributed by atoms with E-state index in [0.717, 1.165) is 10.6 Å². The van der Waals surface area contributed by atoms with Gasteiger partial charge in [-0.25, -0.2) is 0 Å². The first kappa shape index (κ1) is 22.8. The van der Waals surface area contributed by atoms with Crippen LogP contribution in [-0.4, -0.2) is 34.1 Å². The molecule has 0 spiro atoms. The number of carbonyl (C=O) groups excluding carboxylic acids is 3. The van der Waals surface area contributed by atoms with E-state index in [9.17, 15) is 14.4 Å². The van der Waals surface area contributed by atoms with Crippen LogP contribution in [0.15, 0.2) is 18.2 Å². The van der Waals surface area contributed by atoms with Gasteiger partial charge in [-0.1, -0.05) is 42.9 Å². The molecule has 0 bridgehead atoms. The molecule has 0 saturated heterocycles. The van der Waals surface area contributed by atoms with Gasteiger partial charge in [0.25, 0.3) is 5.91 Å². The molecule has 0 aliphatic carbocycles. The Kier molecular flexibility index (Phi) is 8.10. The molecule has 2 aromatic rings. The van der Waals surface area contributed by atoms with E-state index in [0.29, 0.717) is 15.8 Å². The summed E-state index contributed by atoms with van der Waals surface area (Å²) in [5.41, 5.74) is 1.37. The maximum absolute atomic E-state index is 12.2. The summed E-state index contributed by atoms with van der Waals surface area (Å²) < 4.78 is 5.10. The molecule has 29 heavy (non-hydrogen) atoms. The third-order valence-corrected chi connectivity index (χ3v) is 5.25. The van der Waals surface area contributed by atoms with Crippen LogP contribution in [0.25, 0.3) is 0 Å². The largest absolute Gasteiger partial charge is 0.453 e. The van der Waals surface area contributed by atoms with Crippen molar-refractivity contribution in [1.82, 2.24) is 10.2 Å². The number of anilines is 2. The summed E-state index contributed by atoms with van der Waals surface area (Å²) in [7, 11) is 0. The van der Waals surface area contributed by atoms with Crippen molar-refractivity contribution in [3.8, 4) is 0 Å². The van der Waals surface area contributed by atoms with Gasteiger partial charge in [-0.05, 0) is 31.5 Å². The number of nitrogens with zero attached hydrogens (tertiary/aromatic N) is 2. The van der Waals surface area contributed by atoms with Crippen LogP contribution in [0.1, 0.15) is 50.1 Å². The van der Waals surface area contributed by atoms with Crippen LogP contribution in [0.2, 0.25) is 5.02 Å². The topological polar surface area (TPSA) is 110 Å². The van der Waals surface area contributed by atoms with Crippen LogP contribution in [0, 0.1) is 6.92 Å². The number of benzene rings is 1. The zero-order valence-electron chi connectivity index (χ0n) is 16.6. The van der Waals surface area contributed by atoms with Gasteiger partial charge in [-0.2, -0.15) is 0 Å². The van der Waals surface area contributed by atoms with E-state index in [1.807, 2.05) is 20.8 Å². The van der Waals surface area contributed by atoms with Gasteiger partial charge in [0.2, 0.25) is 11.0 Å². The number of aryl methyl sites for hydroxylation is 1. The van der Waals surface area contributed by atoms with Crippen molar-refractivity contribution in [2.75, 3.05) is 10.6 Å². The van der Waals surface area contributed by atoms with Crippen LogP contribution in [0.5, 0.6) is 0 Å². The van der Waals surface area contributed by atoms with E-state index < -0.39 is 18.0 Å². The Hall–Kier alpha value is -2.52. The molecule has 8 nitrogen and oxygen atoms in total. The summed E-state index contributed by atoms with van der Waals surface area (Å²) in [6.45, 7) is 7.24. The molecule has 1 heterocycles. The maximum atomic E-state index is 12.2. The molecule has 1 atom stereocenters. The third kappa shape index (κ3) is 7.10. The number of amides is 2. The Morgan fingerprint density at radius 1 is 1.14 bits per heavy atom. The van der Waals surface area contributed by atoms with Crippen molar-refractivity contribution in [1.29, 1.82) is 0 Å². The van der Waals surface area contributed by atoms with Crippen molar-refractivity contribution in [3.63, 3.8) is 0 Å². The van der Waals surface area contributed by atoms with Gasteiger partial charge < -0.3 is 15.4 Å². The van der Waals surface area contributed by atoms with Crippen LogP contribution in [-0.2, 0) is 19.1 Å². The zero-order valence-corrected chi connectivity index (χ0v) is 18.2. The summed E-state index contributed by atoms with van der Waals surface area (Å²) in [6, 6.07) is 5.10. The first-order valence-electron chi connectivity index (χ1n) is 9.05. The number of nitrogens with one attached hydrogen (secondary N) is 2. The van der Waals surface area contributed by atoms with Crippen molar-refractivity contribution in [2.24, 2.45) is 0 Å². The molecule has 2 rings (SSSR count). The standard InChI is InChI=1S/C19H23ClN4O4S/c1-10(2)18-23-24-19(29-18)22-15(25)7-8-16(26)28-12(4)17(27)21-14-9-13(20)6-5-11(14)3/h5-6,9-10,12H,7-8H2,1-4H3,(H,21,27)(H,22,24,25)/t12-/m1/s1. The van der Waals surface area contributed by atoms with Crippen LogP contribution < -0.4 is 10.6 Å². The molecule has 0 aliphatic rings. The second-order valence-electron chi connectivity index (χ2n) is 6.73. The van der Waals surface area contributed by atoms with E-state index in [2.05, 4.69) is 20.8 Å². The minimum atomic E-state index is -1.01. The van der Waals surface area contributed by atoms with Gasteiger partial charge in [0, 0.05) is 23.0 Å². The first-order valence-corrected chi connectivity index (χ1v) is 10.2. The second kappa shape index (κ2) is 10.3. The number of hydrogen-bond acceptors (Lipinski definition) is 7. The lowest BCUT2D eigenvalue weighted by molar-refractivity contribution is -0.153. The van der Waals surface area contributed by atoms with Crippen LogP contribution in [0.4, 0.5) is 10.8 Å². The Labute approximate surface area is 178 Å². The van der Waals surface area contributed by atoms with Gasteiger partial charge in [-0.3, -0.25) is 14.4 Å². The Morgan fingerprint density at radius 2 is 1.86 bits per heavy atom. The number of carbonyl (C=O) groups is 3. The summed E-state index contributed by atoms with van der Waals surface area (Å²) in [5, 5.41) is 14.8. The molecule has 1 aromatic heterocycles. The van der Waals surface area contributed by atoms with Crippen molar-refractivity contribution in [2.45, 2.75) is 52.6 Å². The first-order chi connectivity index (χ1) is 13.7. The Balaban J connectivity index is 1.77.